The van der Waals surface area contributed by atoms with Crippen LogP contribution >= 0.6 is 11.3 Å². The molecule has 1 atom stereocenters. The van der Waals surface area contributed by atoms with Gasteiger partial charge in [0.1, 0.15) is 22.2 Å². The van der Waals surface area contributed by atoms with E-state index in [0.29, 0.717) is 27.5 Å². The summed E-state index contributed by atoms with van der Waals surface area (Å²) in [5.41, 5.74) is 1.45. The standard InChI is InChI=1S/C23H22N2O3S/c1-23(2,3)14-8-9-15-17(12-24)21(29-19(15)11-14)25-20(26)16-10-13-6-4-5-7-18(13)28-22(16)27/h4-7,10,14H,8-9,11H2,1-3H3,(H,25,26). The summed E-state index contributed by atoms with van der Waals surface area (Å²) in [5.74, 6) is -0.0109. The zero-order valence-corrected chi connectivity index (χ0v) is 17.5. The first-order valence-electron chi connectivity index (χ1n) is 9.67. The number of thiophene rings is 1. The molecule has 0 saturated carbocycles. The number of hydrogen-bond donors (Lipinski definition) is 1. The Labute approximate surface area is 173 Å². The minimum absolute atomic E-state index is 0.0634. The summed E-state index contributed by atoms with van der Waals surface area (Å²) in [5, 5.41) is 13.7. The number of fused-ring (bicyclic) bond motifs is 2. The molecule has 29 heavy (non-hydrogen) atoms. The largest absolute Gasteiger partial charge is 0.422 e. The van der Waals surface area contributed by atoms with Crippen LogP contribution in [0, 0.1) is 22.7 Å². The molecule has 0 bridgehead atoms. The smallest absolute Gasteiger partial charge is 0.349 e. The molecule has 1 N–H and O–H groups in total. The third kappa shape index (κ3) is 3.58. The van der Waals surface area contributed by atoms with Crippen LogP contribution in [0.3, 0.4) is 0 Å². The lowest BCUT2D eigenvalue weighted by Gasteiger charge is -2.33. The molecule has 5 nitrogen and oxygen atoms in total. The van der Waals surface area contributed by atoms with Crippen molar-refractivity contribution in [3.8, 4) is 6.07 Å². The first-order chi connectivity index (χ1) is 13.8. The lowest BCUT2D eigenvalue weighted by Crippen LogP contribution is -2.26. The molecule has 1 aromatic carbocycles. The number of nitrogens with zero attached hydrogens (tertiary/aromatic N) is 1. The van der Waals surface area contributed by atoms with Crippen LogP contribution in [0.5, 0.6) is 0 Å². The van der Waals surface area contributed by atoms with Crippen molar-refractivity contribution in [3.63, 3.8) is 0 Å². The average molecular weight is 407 g/mol. The van der Waals surface area contributed by atoms with Crippen LogP contribution in [0.15, 0.2) is 39.5 Å². The van der Waals surface area contributed by atoms with Gasteiger partial charge in [0.25, 0.3) is 5.91 Å². The summed E-state index contributed by atoms with van der Waals surface area (Å²) in [6, 6.07) is 10.8. The molecule has 0 radical (unpaired) electrons. The van der Waals surface area contributed by atoms with Crippen molar-refractivity contribution in [2.24, 2.45) is 11.3 Å². The highest BCUT2D eigenvalue weighted by molar-refractivity contribution is 7.16. The number of carbonyl (C=O) groups is 1. The monoisotopic (exact) mass is 406 g/mol. The zero-order valence-electron chi connectivity index (χ0n) is 16.7. The molecule has 2 aromatic heterocycles. The van der Waals surface area contributed by atoms with Gasteiger partial charge >= 0.3 is 5.63 Å². The maximum Gasteiger partial charge on any atom is 0.349 e. The molecule has 0 spiro atoms. The number of nitrogens with one attached hydrogen (secondary N) is 1. The molecule has 4 rings (SSSR count). The van der Waals surface area contributed by atoms with Crippen molar-refractivity contribution >= 4 is 33.2 Å². The number of benzene rings is 1. The fraction of sp³-hybridized carbons (Fsp3) is 0.348. The Balaban J connectivity index is 1.66. The SMILES string of the molecule is CC(C)(C)C1CCc2c(sc(NC(=O)c3cc4ccccc4oc3=O)c2C#N)C1. The van der Waals surface area contributed by atoms with E-state index in [9.17, 15) is 14.9 Å². The maximum atomic E-state index is 12.8. The van der Waals surface area contributed by atoms with Crippen molar-refractivity contribution in [2.75, 3.05) is 5.32 Å². The van der Waals surface area contributed by atoms with Gasteiger partial charge in [-0.15, -0.1) is 11.3 Å². The molecular formula is C23H22N2O3S. The highest BCUT2D eigenvalue weighted by atomic mass is 32.1. The van der Waals surface area contributed by atoms with Crippen LogP contribution in [0.25, 0.3) is 11.0 Å². The van der Waals surface area contributed by atoms with Gasteiger partial charge in [0.2, 0.25) is 0 Å². The van der Waals surface area contributed by atoms with E-state index in [4.69, 9.17) is 4.42 Å². The second-order valence-electron chi connectivity index (χ2n) is 8.56. The Morgan fingerprint density at radius 2 is 2.07 bits per heavy atom. The van der Waals surface area contributed by atoms with E-state index in [1.165, 1.54) is 17.4 Å². The minimum atomic E-state index is -0.686. The van der Waals surface area contributed by atoms with Crippen molar-refractivity contribution in [1.29, 1.82) is 5.26 Å². The topological polar surface area (TPSA) is 83.1 Å². The van der Waals surface area contributed by atoms with Crippen LogP contribution in [0.2, 0.25) is 0 Å². The maximum absolute atomic E-state index is 12.8. The predicted molar refractivity (Wildman–Crippen MR) is 114 cm³/mol. The molecule has 6 heteroatoms. The second-order valence-corrected chi connectivity index (χ2v) is 9.67. The van der Waals surface area contributed by atoms with Crippen molar-refractivity contribution in [1.82, 2.24) is 0 Å². The lowest BCUT2D eigenvalue weighted by atomic mass is 9.72. The van der Waals surface area contributed by atoms with E-state index in [1.807, 2.05) is 6.07 Å². The van der Waals surface area contributed by atoms with Crippen molar-refractivity contribution in [2.45, 2.75) is 40.0 Å². The molecular weight excluding hydrogens is 384 g/mol. The van der Waals surface area contributed by atoms with Crippen LogP contribution in [-0.2, 0) is 12.8 Å². The van der Waals surface area contributed by atoms with Gasteiger partial charge in [-0.05, 0) is 48.3 Å². The number of nitriles is 1. The van der Waals surface area contributed by atoms with Gasteiger partial charge in [-0.3, -0.25) is 4.79 Å². The number of amides is 1. The molecule has 0 fully saturated rings. The van der Waals surface area contributed by atoms with E-state index >= 15 is 0 Å². The predicted octanol–water partition coefficient (Wildman–Crippen LogP) is 5.13. The van der Waals surface area contributed by atoms with E-state index < -0.39 is 11.5 Å². The van der Waals surface area contributed by atoms with Crippen LogP contribution in [0.4, 0.5) is 5.00 Å². The number of carbonyl (C=O) groups excluding carboxylic acids is 1. The van der Waals surface area contributed by atoms with Crippen molar-refractivity contribution in [3.05, 3.63) is 62.3 Å². The molecule has 2 heterocycles. The summed E-state index contributed by atoms with van der Waals surface area (Å²) >= 11 is 1.45. The highest BCUT2D eigenvalue weighted by Gasteiger charge is 2.32. The molecule has 0 saturated heterocycles. The molecule has 3 aromatic rings. The normalized spacial score (nSPS) is 16.3. The molecule has 1 amide bonds. The first-order valence-corrected chi connectivity index (χ1v) is 10.5. The van der Waals surface area contributed by atoms with Gasteiger partial charge in [-0.2, -0.15) is 5.26 Å². The zero-order chi connectivity index (χ0) is 20.8. The summed E-state index contributed by atoms with van der Waals surface area (Å²) in [7, 11) is 0. The van der Waals surface area contributed by atoms with Crippen molar-refractivity contribution < 1.29 is 9.21 Å². The second kappa shape index (κ2) is 7.16. The lowest BCUT2D eigenvalue weighted by molar-refractivity contribution is 0.102. The Morgan fingerprint density at radius 1 is 1.31 bits per heavy atom. The Bertz CT molecular complexity index is 1210. The van der Waals surface area contributed by atoms with E-state index in [0.717, 1.165) is 29.7 Å². The van der Waals surface area contributed by atoms with Crippen LogP contribution in [-0.4, -0.2) is 5.91 Å². The van der Waals surface area contributed by atoms with Gasteiger partial charge in [0.15, 0.2) is 0 Å². The summed E-state index contributed by atoms with van der Waals surface area (Å²) < 4.78 is 5.26. The number of anilines is 1. The first kappa shape index (κ1) is 19.4. The van der Waals surface area contributed by atoms with Gasteiger partial charge in [0.05, 0.1) is 5.56 Å². The van der Waals surface area contributed by atoms with E-state index in [1.54, 1.807) is 18.2 Å². The quantitative estimate of drug-likeness (QED) is 0.598. The molecule has 1 aliphatic rings. The minimum Gasteiger partial charge on any atom is -0.422 e. The van der Waals surface area contributed by atoms with Crippen LogP contribution < -0.4 is 10.9 Å². The average Bonchev–Trinajstić information content (AvgIpc) is 3.02. The van der Waals surface area contributed by atoms with Gasteiger partial charge in [-0.1, -0.05) is 39.0 Å². The fourth-order valence-electron chi connectivity index (χ4n) is 3.92. The third-order valence-electron chi connectivity index (χ3n) is 5.71. The van der Waals surface area contributed by atoms with Gasteiger partial charge in [0, 0.05) is 10.3 Å². The summed E-state index contributed by atoms with van der Waals surface area (Å²) in [6.07, 6.45) is 2.78. The molecule has 1 unspecified atom stereocenters. The number of para-hydroxylation sites is 1. The highest BCUT2D eigenvalue weighted by Crippen LogP contribution is 2.44. The summed E-state index contributed by atoms with van der Waals surface area (Å²) in [4.78, 5) is 26.2. The summed E-state index contributed by atoms with van der Waals surface area (Å²) in [6.45, 7) is 6.72. The Morgan fingerprint density at radius 3 is 2.79 bits per heavy atom. The molecule has 1 aliphatic carbocycles. The third-order valence-corrected chi connectivity index (χ3v) is 6.88. The van der Waals surface area contributed by atoms with E-state index in [2.05, 4.69) is 32.2 Å². The Hall–Kier alpha value is -2.91. The fourth-order valence-corrected chi connectivity index (χ4v) is 5.20. The van der Waals surface area contributed by atoms with E-state index in [-0.39, 0.29) is 11.0 Å². The Kier molecular flexibility index (Phi) is 4.79. The van der Waals surface area contributed by atoms with Crippen LogP contribution in [0.1, 0.15) is 53.6 Å². The van der Waals surface area contributed by atoms with Gasteiger partial charge < -0.3 is 9.73 Å². The van der Waals surface area contributed by atoms with Gasteiger partial charge in [-0.25, -0.2) is 4.79 Å². The number of rotatable bonds is 2. The number of hydrogen-bond acceptors (Lipinski definition) is 5. The molecule has 148 valence electrons. The molecule has 0 aliphatic heterocycles.